The smallest absolute Gasteiger partial charge is 0.0586 e. The van der Waals surface area contributed by atoms with E-state index in [1.165, 1.54) is 16.7 Å². The summed E-state index contributed by atoms with van der Waals surface area (Å²) < 4.78 is 5.52. The Morgan fingerprint density at radius 3 is 2.56 bits per heavy atom. The zero-order valence-electron chi connectivity index (χ0n) is 12.0. The van der Waals surface area contributed by atoms with E-state index in [1.807, 2.05) is 7.05 Å². The lowest BCUT2D eigenvalue weighted by molar-refractivity contribution is -0.0641. The normalized spacial score (nSPS) is 17.8. The number of nitrogens with one attached hydrogen (secondary N) is 1. The number of aryl methyl sites for hydroxylation is 1. The van der Waals surface area contributed by atoms with Crippen molar-refractivity contribution < 1.29 is 4.74 Å². The largest absolute Gasteiger partial charge is 0.379 e. The molecule has 1 aromatic carbocycles. The summed E-state index contributed by atoms with van der Waals surface area (Å²) in [6.45, 7) is 9.53. The second kappa shape index (κ2) is 5.41. The van der Waals surface area contributed by atoms with Crippen molar-refractivity contribution in [1.82, 2.24) is 5.32 Å². The van der Waals surface area contributed by atoms with Gasteiger partial charge >= 0.3 is 0 Å². The third kappa shape index (κ3) is 2.45. The van der Waals surface area contributed by atoms with Gasteiger partial charge in [0.2, 0.25) is 0 Å². The van der Waals surface area contributed by atoms with Crippen molar-refractivity contribution in [3.63, 3.8) is 0 Å². The summed E-state index contributed by atoms with van der Waals surface area (Å²) in [6.07, 6.45) is 1.16. The Labute approximate surface area is 111 Å². The number of ether oxygens (including phenoxy) is 1. The molecule has 0 spiro atoms. The van der Waals surface area contributed by atoms with Gasteiger partial charge < -0.3 is 10.1 Å². The van der Waals surface area contributed by atoms with Gasteiger partial charge in [0.05, 0.1) is 13.2 Å². The van der Waals surface area contributed by atoms with E-state index in [2.05, 4.69) is 44.3 Å². The molecule has 0 saturated carbocycles. The Hall–Kier alpha value is -0.860. The van der Waals surface area contributed by atoms with Crippen molar-refractivity contribution in [2.24, 2.45) is 0 Å². The Morgan fingerprint density at radius 1 is 1.33 bits per heavy atom. The Bertz CT molecular complexity index is 408. The third-order valence-corrected chi connectivity index (χ3v) is 4.11. The topological polar surface area (TPSA) is 21.3 Å². The number of hydrogen-bond acceptors (Lipinski definition) is 2. The maximum Gasteiger partial charge on any atom is 0.0586 e. The summed E-state index contributed by atoms with van der Waals surface area (Å²) >= 11 is 0. The van der Waals surface area contributed by atoms with Gasteiger partial charge in [-0.25, -0.2) is 0 Å². The van der Waals surface area contributed by atoms with E-state index in [9.17, 15) is 0 Å². The van der Waals surface area contributed by atoms with E-state index in [4.69, 9.17) is 4.74 Å². The maximum absolute atomic E-state index is 5.52. The molecule has 2 rings (SSSR count). The summed E-state index contributed by atoms with van der Waals surface area (Å²) in [4.78, 5) is 0. The van der Waals surface area contributed by atoms with Gasteiger partial charge in [-0.3, -0.25) is 0 Å². The zero-order valence-corrected chi connectivity index (χ0v) is 12.0. The minimum atomic E-state index is 0.248. The first-order chi connectivity index (χ1) is 8.59. The lowest BCUT2D eigenvalue weighted by Crippen LogP contribution is -2.48. The second-order valence-electron chi connectivity index (χ2n) is 5.86. The fourth-order valence-electron chi connectivity index (χ4n) is 2.72. The third-order valence-electron chi connectivity index (χ3n) is 4.11. The van der Waals surface area contributed by atoms with Gasteiger partial charge in [0.15, 0.2) is 0 Å². The molecule has 1 aliphatic heterocycles. The number of rotatable bonds is 5. The first-order valence-electron chi connectivity index (χ1n) is 6.92. The van der Waals surface area contributed by atoms with Crippen LogP contribution in [0.4, 0.5) is 0 Å². The van der Waals surface area contributed by atoms with E-state index < -0.39 is 0 Å². The van der Waals surface area contributed by atoms with Crippen molar-refractivity contribution in [3.05, 3.63) is 34.9 Å². The average Bonchev–Trinajstić information content (AvgIpc) is 2.29. The molecule has 1 aromatic rings. The molecular formula is C16H25NO. The lowest BCUT2D eigenvalue weighted by Gasteiger charge is -2.43. The molecule has 1 saturated heterocycles. The standard InChI is InChI=1S/C16H25NO/c1-12(2)14-6-5-13(3)15(9-14)16(7-8-17-4)10-18-11-16/h5-6,9,12,17H,7-8,10-11H2,1-4H3. The molecule has 0 radical (unpaired) electrons. The van der Waals surface area contributed by atoms with E-state index in [1.54, 1.807) is 0 Å². The van der Waals surface area contributed by atoms with Crippen LogP contribution in [0.25, 0.3) is 0 Å². The molecule has 0 atom stereocenters. The summed E-state index contributed by atoms with van der Waals surface area (Å²) in [5.74, 6) is 0.590. The van der Waals surface area contributed by atoms with Crippen molar-refractivity contribution >= 4 is 0 Å². The summed E-state index contributed by atoms with van der Waals surface area (Å²) in [5.41, 5.74) is 4.58. The highest BCUT2D eigenvalue weighted by Crippen LogP contribution is 2.38. The van der Waals surface area contributed by atoms with Crippen molar-refractivity contribution in [3.8, 4) is 0 Å². The Morgan fingerprint density at radius 2 is 2.06 bits per heavy atom. The highest BCUT2D eigenvalue weighted by molar-refractivity contribution is 5.39. The molecule has 1 fully saturated rings. The average molecular weight is 247 g/mol. The van der Waals surface area contributed by atoms with E-state index in [-0.39, 0.29) is 5.41 Å². The van der Waals surface area contributed by atoms with Crippen LogP contribution < -0.4 is 5.32 Å². The molecule has 100 valence electrons. The van der Waals surface area contributed by atoms with Crippen LogP contribution in [-0.4, -0.2) is 26.8 Å². The molecule has 2 heteroatoms. The molecule has 0 amide bonds. The first kappa shape index (κ1) is 13.6. The molecule has 1 N–H and O–H groups in total. The van der Waals surface area contributed by atoms with Crippen LogP contribution in [-0.2, 0) is 10.2 Å². The molecule has 0 unspecified atom stereocenters. The van der Waals surface area contributed by atoms with Crippen LogP contribution in [0.5, 0.6) is 0 Å². The summed E-state index contributed by atoms with van der Waals surface area (Å²) in [5, 5.41) is 3.26. The van der Waals surface area contributed by atoms with Crippen LogP contribution >= 0.6 is 0 Å². The monoisotopic (exact) mass is 247 g/mol. The summed E-state index contributed by atoms with van der Waals surface area (Å²) in [7, 11) is 2.02. The van der Waals surface area contributed by atoms with Crippen LogP contribution in [0.2, 0.25) is 0 Å². The van der Waals surface area contributed by atoms with Gasteiger partial charge in [-0.05, 0) is 49.5 Å². The minimum Gasteiger partial charge on any atom is -0.379 e. The zero-order chi connectivity index (χ0) is 13.2. The molecule has 0 aromatic heterocycles. The van der Waals surface area contributed by atoms with Crippen LogP contribution in [0.1, 0.15) is 42.9 Å². The molecular weight excluding hydrogens is 222 g/mol. The lowest BCUT2D eigenvalue weighted by atomic mass is 9.73. The molecule has 1 heterocycles. The number of benzene rings is 1. The van der Waals surface area contributed by atoms with Crippen LogP contribution in [0.15, 0.2) is 18.2 Å². The van der Waals surface area contributed by atoms with Gasteiger partial charge in [0, 0.05) is 5.41 Å². The molecule has 1 aliphatic rings. The van der Waals surface area contributed by atoms with Crippen LogP contribution in [0.3, 0.4) is 0 Å². The first-order valence-corrected chi connectivity index (χ1v) is 6.92. The van der Waals surface area contributed by atoms with E-state index in [0.29, 0.717) is 5.92 Å². The van der Waals surface area contributed by atoms with Gasteiger partial charge in [0.1, 0.15) is 0 Å². The predicted octanol–water partition coefficient (Wildman–Crippen LogP) is 3.00. The Kier molecular flexibility index (Phi) is 4.08. The van der Waals surface area contributed by atoms with E-state index >= 15 is 0 Å². The highest BCUT2D eigenvalue weighted by atomic mass is 16.5. The number of hydrogen-bond donors (Lipinski definition) is 1. The van der Waals surface area contributed by atoms with Crippen LogP contribution in [0, 0.1) is 6.92 Å². The fourth-order valence-corrected chi connectivity index (χ4v) is 2.72. The highest BCUT2D eigenvalue weighted by Gasteiger charge is 2.40. The minimum absolute atomic E-state index is 0.248. The van der Waals surface area contributed by atoms with Gasteiger partial charge in [-0.15, -0.1) is 0 Å². The maximum atomic E-state index is 5.52. The van der Waals surface area contributed by atoms with Crippen molar-refractivity contribution in [2.45, 2.75) is 38.5 Å². The van der Waals surface area contributed by atoms with Gasteiger partial charge in [0.25, 0.3) is 0 Å². The second-order valence-corrected chi connectivity index (χ2v) is 5.86. The van der Waals surface area contributed by atoms with Gasteiger partial charge in [-0.2, -0.15) is 0 Å². The van der Waals surface area contributed by atoms with Crippen molar-refractivity contribution in [2.75, 3.05) is 26.8 Å². The molecule has 0 bridgehead atoms. The predicted molar refractivity (Wildman–Crippen MR) is 76.3 cm³/mol. The quantitative estimate of drug-likeness (QED) is 0.863. The van der Waals surface area contributed by atoms with Gasteiger partial charge in [-0.1, -0.05) is 32.0 Å². The molecule has 0 aliphatic carbocycles. The molecule has 2 nitrogen and oxygen atoms in total. The fraction of sp³-hybridized carbons (Fsp3) is 0.625. The molecule has 18 heavy (non-hydrogen) atoms. The van der Waals surface area contributed by atoms with E-state index in [0.717, 1.165) is 26.2 Å². The summed E-state index contributed by atoms with van der Waals surface area (Å²) in [6, 6.07) is 6.93. The Balaban J connectivity index is 2.32. The SMILES string of the molecule is CNCCC1(c2cc(C(C)C)ccc2C)COC1. The van der Waals surface area contributed by atoms with Crippen molar-refractivity contribution in [1.29, 1.82) is 0 Å².